The molecule has 1 saturated carbocycles. The first-order chi connectivity index (χ1) is 17.6. The first-order valence-corrected chi connectivity index (χ1v) is 12.7. The molecule has 5 rings (SSSR count). The standard InChI is InChI=1S/C25H16Cl5N5O2/c26-14-7-13(8-15(27)9-14)21-22(25(21,29)30)24(37)34-17-3-6-20(28)19(10-17)23(36)33-16-1-4-18(5-2-16)35-12-31-11-32-35/h1-12,21-22H,(H,33,36)(H,34,37). The van der Waals surface area contributed by atoms with Gasteiger partial charge in [-0.3, -0.25) is 9.59 Å². The summed E-state index contributed by atoms with van der Waals surface area (Å²) in [6, 6.07) is 16.5. The largest absolute Gasteiger partial charge is 0.326 e. The molecule has 0 radical (unpaired) electrons. The number of carbonyl (C=O) groups excluding carboxylic acids is 2. The van der Waals surface area contributed by atoms with E-state index in [0.717, 1.165) is 5.69 Å². The lowest BCUT2D eigenvalue weighted by Crippen LogP contribution is -2.18. The van der Waals surface area contributed by atoms with Crippen molar-refractivity contribution in [3.05, 3.63) is 99.5 Å². The number of aromatic nitrogens is 3. The van der Waals surface area contributed by atoms with Gasteiger partial charge in [-0.1, -0.05) is 34.8 Å². The van der Waals surface area contributed by atoms with E-state index in [1.165, 1.54) is 18.5 Å². The smallest absolute Gasteiger partial charge is 0.257 e. The monoisotopic (exact) mass is 593 g/mol. The van der Waals surface area contributed by atoms with Gasteiger partial charge in [0.05, 0.1) is 22.2 Å². The lowest BCUT2D eigenvalue weighted by Gasteiger charge is -2.11. The van der Waals surface area contributed by atoms with Crippen molar-refractivity contribution in [3.8, 4) is 5.69 Å². The molecule has 0 saturated heterocycles. The van der Waals surface area contributed by atoms with E-state index in [2.05, 4.69) is 20.7 Å². The lowest BCUT2D eigenvalue weighted by molar-refractivity contribution is -0.117. The number of benzene rings is 3. The van der Waals surface area contributed by atoms with Crippen LogP contribution in [0.2, 0.25) is 15.1 Å². The third kappa shape index (κ3) is 5.42. The average molecular weight is 596 g/mol. The maximum atomic E-state index is 13.0. The number of hydrogen-bond acceptors (Lipinski definition) is 4. The van der Waals surface area contributed by atoms with Crippen LogP contribution >= 0.6 is 58.0 Å². The molecule has 7 nitrogen and oxygen atoms in total. The highest BCUT2D eigenvalue weighted by atomic mass is 35.5. The molecule has 1 heterocycles. The van der Waals surface area contributed by atoms with Gasteiger partial charge in [0.15, 0.2) is 0 Å². The maximum absolute atomic E-state index is 13.0. The quantitative estimate of drug-likeness (QED) is 0.235. The number of halogens is 5. The number of carbonyl (C=O) groups is 2. The minimum atomic E-state index is -1.33. The molecule has 2 atom stereocenters. The average Bonchev–Trinajstić information content (AvgIpc) is 3.16. The van der Waals surface area contributed by atoms with E-state index in [1.54, 1.807) is 59.5 Å². The molecule has 1 aliphatic rings. The van der Waals surface area contributed by atoms with E-state index in [0.29, 0.717) is 27.0 Å². The molecule has 2 amide bonds. The Balaban J connectivity index is 1.29. The number of amides is 2. The molecule has 2 unspecified atom stereocenters. The summed E-state index contributed by atoms with van der Waals surface area (Å²) in [5.41, 5.74) is 2.53. The fourth-order valence-corrected chi connectivity index (χ4v) is 5.63. The molecule has 0 bridgehead atoms. The molecule has 1 aromatic heterocycles. The number of rotatable bonds is 6. The minimum Gasteiger partial charge on any atom is -0.326 e. The second-order valence-corrected chi connectivity index (χ2v) is 11.1. The van der Waals surface area contributed by atoms with Crippen molar-refractivity contribution in [1.29, 1.82) is 0 Å². The Bertz CT molecular complexity index is 1470. The van der Waals surface area contributed by atoms with Crippen molar-refractivity contribution < 1.29 is 9.59 Å². The van der Waals surface area contributed by atoms with E-state index >= 15 is 0 Å². The Morgan fingerprint density at radius 2 is 1.54 bits per heavy atom. The van der Waals surface area contributed by atoms with Gasteiger partial charge >= 0.3 is 0 Å². The molecule has 2 N–H and O–H groups in total. The second-order valence-electron chi connectivity index (χ2n) is 8.36. The van der Waals surface area contributed by atoms with Crippen LogP contribution in [0.15, 0.2) is 73.3 Å². The molecular formula is C25H16Cl5N5O2. The summed E-state index contributed by atoms with van der Waals surface area (Å²) in [4.78, 5) is 29.9. The predicted octanol–water partition coefficient (Wildman–Crippen LogP) is 7.01. The Morgan fingerprint density at radius 1 is 0.865 bits per heavy atom. The van der Waals surface area contributed by atoms with E-state index in [4.69, 9.17) is 58.0 Å². The van der Waals surface area contributed by atoms with Gasteiger partial charge in [0.25, 0.3) is 5.91 Å². The minimum absolute atomic E-state index is 0.178. The summed E-state index contributed by atoms with van der Waals surface area (Å²) in [7, 11) is 0. The molecule has 4 aromatic rings. The first kappa shape index (κ1) is 25.8. The SMILES string of the molecule is O=C(Nc1ccc(-n2cncn2)cc1)c1cc(NC(=O)C2C(c3cc(Cl)cc(Cl)c3)C2(Cl)Cl)ccc1Cl. The fraction of sp³-hybridized carbons (Fsp3) is 0.120. The summed E-state index contributed by atoms with van der Waals surface area (Å²) in [5, 5.41) is 10.7. The highest BCUT2D eigenvalue weighted by molar-refractivity contribution is 6.53. The molecule has 0 spiro atoms. The number of anilines is 2. The second kappa shape index (κ2) is 10.2. The van der Waals surface area contributed by atoms with Crippen molar-refractivity contribution in [2.75, 3.05) is 10.6 Å². The van der Waals surface area contributed by atoms with Crippen LogP contribution in [-0.2, 0) is 4.79 Å². The van der Waals surface area contributed by atoms with Crippen LogP contribution < -0.4 is 10.6 Å². The van der Waals surface area contributed by atoms with Gasteiger partial charge in [-0.15, -0.1) is 23.2 Å². The summed E-state index contributed by atoms with van der Waals surface area (Å²) in [6.45, 7) is 0. The fourth-order valence-electron chi connectivity index (χ4n) is 4.06. The van der Waals surface area contributed by atoms with Gasteiger partial charge in [-0.05, 0) is 66.2 Å². The van der Waals surface area contributed by atoms with Crippen molar-refractivity contribution in [1.82, 2.24) is 14.8 Å². The van der Waals surface area contributed by atoms with Crippen molar-refractivity contribution in [3.63, 3.8) is 0 Å². The molecule has 37 heavy (non-hydrogen) atoms. The molecule has 1 aliphatic carbocycles. The van der Waals surface area contributed by atoms with Crippen molar-refractivity contribution >= 4 is 81.2 Å². The predicted molar refractivity (Wildman–Crippen MR) is 147 cm³/mol. The van der Waals surface area contributed by atoms with Crippen LogP contribution in [0.25, 0.3) is 5.69 Å². The van der Waals surface area contributed by atoms with Crippen LogP contribution in [0.4, 0.5) is 11.4 Å². The summed E-state index contributed by atoms with van der Waals surface area (Å²) in [5.74, 6) is -2.11. The summed E-state index contributed by atoms with van der Waals surface area (Å²) < 4.78 is 0.263. The zero-order chi connectivity index (χ0) is 26.3. The van der Waals surface area contributed by atoms with Crippen LogP contribution in [0.5, 0.6) is 0 Å². The molecule has 12 heteroatoms. The Kier molecular flexibility index (Phi) is 7.09. The van der Waals surface area contributed by atoms with Gasteiger partial charge in [0, 0.05) is 27.3 Å². The van der Waals surface area contributed by atoms with Crippen LogP contribution in [0, 0.1) is 5.92 Å². The van der Waals surface area contributed by atoms with Gasteiger partial charge in [-0.2, -0.15) is 5.10 Å². The van der Waals surface area contributed by atoms with Crippen LogP contribution in [-0.4, -0.2) is 30.9 Å². The topological polar surface area (TPSA) is 88.9 Å². The Hall–Kier alpha value is -2.81. The van der Waals surface area contributed by atoms with Crippen LogP contribution in [0.3, 0.4) is 0 Å². The van der Waals surface area contributed by atoms with E-state index in [-0.39, 0.29) is 10.6 Å². The maximum Gasteiger partial charge on any atom is 0.257 e. The van der Waals surface area contributed by atoms with E-state index in [1.807, 2.05) is 0 Å². The molecular weight excluding hydrogens is 580 g/mol. The van der Waals surface area contributed by atoms with Crippen LogP contribution in [0.1, 0.15) is 21.8 Å². The highest BCUT2D eigenvalue weighted by Crippen LogP contribution is 2.65. The molecule has 0 aliphatic heterocycles. The van der Waals surface area contributed by atoms with Crippen molar-refractivity contribution in [2.45, 2.75) is 10.3 Å². The van der Waals surface area contributed by atoms with Gasteiger partial charge < -0.3 is 10.6 Å². The zero-order valence-corrected chi connectivity index (χ0v) is 22.4. The Morgan fingerprint density at radius 3 is 2.19 bits per heavy atom. The lowest BCUT2D eigenvalue weighted by atomic mass is 10.1. The van der Waals surface area contributed by atoms with E-state index in [9.17, 15) is 9.59 Å². The van der Waals surface area contributed by atoms with E-state index < -0.39 is 28.0 Å². The third-order valence-corrected chi connectivity index (χ3v) is 7.57. The van der Waals surface area contributed by atoms with Gasteiger partial charge in [0.2, 0.25) is 5.91 Å². The van der Waals surface area contributed by atoms with Crippen molar-refractivity contribution in [2.24, 2.45) is 5.92 Å². The van der Waals surface area contributed by atoms with Gasteiger partial charge in [-0.25, -0.2) is 9.67 Å². The summed E-state index contributed by atoms with van der Waals surface area (Å²) >= 11 is 31.3. The first-order valence-electron chi connectivity index (χ1n) is 10.8. The molecule has 3 aromatic carbocycles. The number of alkyl halides is 2. The molecule has 1 fully saturated rings. The Labute approximate surface area is 236 Å². The summed E-state index contributed by atoms with van der Waals surface area (Å²) in [6.07, 6.45) is 3.00. The highest BCUT2D eigenvalue weighted by Gasteiger charge is 2.67. The number of nitrogens with one attached hydrogen (secondary N) is 2. The number of hydrogen-bond donors (Lipinski definition) is 2. The third-order valence-electron chi connectivity index (χ3n) is 5.87. The normalized spacial score (nSPS) is 17.8. The molecule has 188 valence electrons. The zero-order valence-electron chi connectivity index (χ0n) is 18.6. The van der Waals surface area contributed by atoms with Gasteiger partial charge in [0.1, 0.15) is 17.0 Å². The number of nitrogens with zero attached hydrogens (tertiary/aromatic N) is 3.